The summed E-state index contributed by atoms with van der Waals surface area (Å²) in [4.78, 5) is 2.70. The van der Waals surface area contributed by atoms with Crippen molar-refractivity contribution in [2.45, 2.75) is 32.2 Å². The van der Waals surface area contributed by atoms with Crippen molar-refractivity contribution in [1.82, 2.24) is 10.2 Å². The SMILES string of the molecule is COCC1CCCN(C2CNCCC2C)C1. The lowest BCUT2D eigenvalue weighted by atomic mass is 9.90. The lowest BCUT2D eigenvalue weighted by molar-refractivity contribution is 0.0439. The number of ether oxygens (including phenoxy) is 1. The Bertz CT molecular complexity index is 208. The van der Waals surface area contributed by atoms with Gasteiger partial charge in [-0.05, 0) is 44.2 Å². The molecule has 0 aromatic carbocycles. The topological polar surface area (TPSA) is 24.5 Å². The third-order valence-corrected chi connectivity index (χ3v) is 4.21. The van der Waals surface area contributed by atoms with Crippen molar-refractivity contribution in [3.63, 3.8) is 0 Å². The van der Waals surface area contributed by atoms with Gasteiger partial charge in [0.05, 0.1) is 6.61 Å². The van der Waals surface area contributed by atoms with Crippen molar-refractivity contribution in [3.05, 3.63) is 0 Å². The monoisotopic (exact) mass is 226 g/mol. The first-order valence-corrected chi connectivity index (χ1v) is 6.75. The smallest absolute Gasteiger partial charge is 0.0502 e. The lowest BCUT2D eigenvalue weighted by Crippen LogP contribution is -2.53. The van der Waals surface area contributed by atoms with Crippen molar-refractivity contribution in [2.75, 3.05) is 39.9 Å². The molecule has 2 rings (SSSR count). The van der Waals surface area contributed by atoms with E-state index in [1.807, 2.05) is 7.11 Å². The summed E-state index contributed by atoms with van der Waals surface area (Å²) in [6, 6.07) is 0.758. The number of likely N-dealkylation sites (tertiary alicyclic amines) is 1. The minimum Gasteiger partial charge on any atom is -0.384 e. The molecule has 3 heteroatoms. The second kappa shape index (κ2) is 5.99. The molecule has 16 heavy (non-hydrogen) atoms. The highest BCUT2D eigenvalue weighted by molar-refractivity contribution is 4.86. The number of nitrogens with zero attached hydrogens (tertiary/aromatic N) is 1. The molecular formula is C13H26N2O. The van der Waals surface area contributed by atoms with Crippen LogP contribution in [0.1, 0.15) is 26.2 Å². The van der Waals surface area contributed by atoms with E-state index in [0.717, 1.165) is 24.5 Å². The third kappa shape index (κ3) is 2.96. The fourth-order valence-corrected chi connectivity index (χ4v) is 3.23. The van der Waals surface area contributed by atoms with Gasteiger partial charge in [0.2, 0.25) is 0 Å². The molecule has 3 atom stereocenters. The summed E-state index contributed by atoms with van der Waals surface area (Å²) in [6.07, 6.45) is 4.02. The van der Waals surface area contributed by atoms with Crippen LogP contribution < -0.4 is 5.32 Å². The number of methoxy groups -OCH3 is 1. The molecule has 0 bridgehead atoms. The van der Waals surface area contributed by atoms with Gasteiger partial charge in [-0.1, -0.05) is 6.92 Å². The molecule has 2 heterocycles. The van der Waals surface area contributed by atoms with Gasteiger partial charge in [-0.2, -0.15) is 0 Å². The Balaban J connectivity index is 1.87. The van der Waals surface area contributed by atoms with Crippen LogP contribution in [0.2, 0.25) is 0 Å². The molecule has 0 aliphatic carbocycles. The number of rotatable bonds is 3. The Labute approximate surface area is 99.5 Å². The van der Waals surface area contributed by atoms with Crippen LogP contribution in [-0.2, 0) is 4.74 Å². The molecule has 0 aromatic rings. The van der Waals surface area contributed by atoms with Gasteiger partial charge in [0, 0.05) is 26.2 Å². The maximum absolute atomic E-state index is 5.30. The average molecular weight is 226 g/mol. The van der Waals surface area contributed by atoms with E-state index in [1.54, 1.807) is 0 Å². The fraction of sp³-hybridized carbons (Fsp3) is 1.00. The molecule has 2 fully saturated rings. The van der Waals surface area contributed by atoms with E-state index >= 15 is 0 Å². The normalized spacial score (nSPS) is 37.5. The third-order valence-electron chi connectivity index (χ3n) is 4.21. The van der Waals surface area contributed by atoms with Gasteiger partial charge in [0.25, 0.3) is 0 Å². The van der Waals surface area contributed by atoms with Gasteiger partial charge >= 0.3 is 0 Å². The van der Waals surface area contributed by atoms with Crippen molar-refractivity contribution in [2.24, 2.45) is 11.8 Å². The maximum atomic E-state index is 5.30. The number of hydrogen-bond acceptors (Lipinski definition) is 3. The van der Waals surface area contributed by atoms with Gasteiger partial charge in [0.15, 0.2) is 0 Å². The zero-order valence-electron chi connectivity index (χ0n) is 10.7. The number of hydrogen-bond donors (Lipinski definition) is 1. The van der Waals surface area contributed by atoms with Gasteiger partial charge in [-0.15, -0.1) is 0 Å². The van der Waals surface area contributed by atoms with E-state index in [-0.39, 0.29) is 0 Å². The first-order valence-electron chi connectivity index (χ1n) is 6.75. The van der Waals surface area contributed by atoms with Crippen LogP contribution in [-0.4, -0.2) is 50.8 Å². The predicted octanol–water partition coefficient (Wildman–Crippen LogP) is 1.34. The maximum Gasteiger partial charge on any atom is 0.0502 e. The zero-order valence-corrected chi connectivity index (χ0v) is 10.7. The Morgan fingerprint density at radius 1 is 1.38 bits per heavy atom. The van der Waals surface area contributed by atoms with Crippen LogP contribution in [0.15, 0.2) is 0 Å². The van der Waals surface area contributed by atoms with Crippen LogP contribution in [0, 0.1) is 11.8 Å². The van der Waals surface area contributed by atoms with Crippen LogP contribution in [0.25, 0.3) is 0 Å². The summed E-state index contributed by atoms with van der Waals surface area (Å²) in [5.74, 6) is 1.61. The van der Waals surface area contributed by atoms with Crippen molar-refractivity contribution in [1.29, 1.82) is 0 Å². The summed E-state index contributed by atoms with van der Waals surface area (Å²) in [5, 5.41) is 3.54. The molecule has 0 saturated carbocycles. The summed E-state index contributed by atoms with van der Waals surface area (Å²) in [7, 11) is 1.82. The van der Waals surface area contributed by atoms with Gasteiger partial charge in [-0.25, -0.2) is 0 Å². The van der Waals surface area contributed by atoms with E-state index in [2.05, 4.69) is 17.1 Å². The van der Waals surface area contributed by atoms with E-state index in [4.69, 9.17) is 4.74 Å². The molecule has 3 unspecified atom stereocenters. The lowest BCUT2D eigenvalue weighted by Gasteiger charge is -2.43. The molecule has 3 nitrogen and oxygen atoms in total. The van der Waals surface area contributed by atoms with E-state index in [0.29, 0.717) is 0 Å². The Hall–Kier alpha value is -0.120. The Kier molecular flexibility index (Phi) is 4.62. The quantitative estimate of drug-likeness (QED) is 0.786. The summed E-state index contributed by atoms with van der Waals surface area (Å²) < 4.78 is 5.30. The van der Waals surface area contributed by atoms with E-state index in [9.17, 15) is 0 Å². The average Bonchev–Trinajstić information content (AvgIpc) is 2.30. The van der Waals surface area contributed by atoms with Crippen LogP contribution in [0.4, 0.5) is 0 Å². The summed E-state index contributed by atoms with van der Waals surface area (Å²) in [5.41, 5.74) is 0. The molecule has 0 aromatic heterocycles. The Morgan fingerprint density at radius 2 is 2.25 bits per heavy atom. The molecular weight excluding hydrogens is 200 g/mol. The van der Waals surface area contributed by atoms with Crippen molar-refractivity contribution >= 4 is 0 Å². The predicted molar refractivity (Wildman–Crippen MR) is 66.6 cm³/mol. The van der Waals surface area contributed by atoms with Crippen molar-refractivity contribution < 1.29 is 4.74 Å². The Morgan fingerprint density at radius 3 is 3.00 bits per heavy atom. The van der Waals surface area contributed by atoms with Gasteiger partial charge < -0.3 is 10.1 Å². The summed E-state index contributed by atoms with van der Waals surface area (Å²) in [6.45, 7) is 8.26. The van der Waals surface area contributed by atoms with Crippen molar-refractivity contribution in [3.8, 4) is 0 Å². The molecule has 2 aliphatic rings. The molecule has 0 amide bonds. The van der Waals surface area contributed by atoms with Gasteiger partial charge in [-0.3, -0.25) is 4.90 Å². The molecule has 0 spiro atoms. The van der Waals surface area contributed by atoms with Crippen LogP contribution in [0.3, 0.4) is 0 Å². The molecule has 1 N–H and O–H groups in total. The highest BCUT2D eigenvalue weighted by Gasteiger charge is 2.30. The highest BCUT2D eigenvalue weighted by atomic mass is 16.5. The molecule has 94 valence electrons. The van der Waals surface area contributed by atoms with E-state index < -0.39 is 0 Å². The minimum atomic E-state index is 0.757. The molecule has 0 radical (unpaired) electrons. The van der Waals surface area contributed by atoms with Gasteiger partial charge in [0.1, 0.15) is 0 Å². The first-order chi connectivity index (χ1) is 7.81. The number of nitrogens with one attached hydrogen (secondary N) is 1. The summed E-state index contributed by atoms with van der Waals surface area (Å²) >= 11 is 0. The zero-order chi connectivity index (χ0) is 11.4. The van der Waals surface area contributed by atoms with E-state index in [1.165, 1.54) is 45.4 Å². The molecule has 2 saturated heterocycles. The second-order valence-electron chi connectivity index (χ2n) is 5.50. The minimum absolute atomic E-state index is 0.757. The highest BCUT2D eigenvalue weighted by Crippen LogP contribution is 2.24. The second-order valence-corrected chi connectivity index (χ2v) is 5.50. The van der Waals surface area contributed by atoms with Crippen LogP contribution >= 0.6 is 0 Å². The largest absolute Gasteiger partial charge is 0.384 e. The fourth-order valence-electron chi connectivity index (χ4n) is 3.23. The number of piperidine rings is 2. The standard InChI is InChI=1S/C13H26N2O/c1-11-5-6-14-8-13(11)15-7-3-4-12(9-15)10-16-2/h11-14H,3-10H2,1-2H3. The van der Waals surface area contributed by atoms with Crippen LogP contribution in [0.5, 0.6) is 0 Å². The first kappa shape index (κ1) is 12.3. The molecule has 2 aliphatic heterocycles.